The lowest BCUT2D eigenvalue weighted by molar-refractivity contribution is -0.286. The van der Waals surface area contributed by atoms with Gasteiger partial charge in [0.2, 0.25) is 11.7 Å². The van der Waals surface area contributed by atoms with Gasteiger partial charge in [-0.1, -0.05) is 67.1 Å². The Hall–Kier alpha value is -3.66. The van der Waals surface area contributed by atoms with Crippen molar-refractivity contribution in [3.8, 4) is 18.2 Å². The number of nitrogens with zero attached hydrogens (tertiary/aromatic N) is 3. The number of benzene rings is 2. The number of nitriles is 3. The van der Waals surface area contributed by atoms with Gasteiger partial charge in [-0.15, -0.1) is 0 Å². The summed E-state index contributed by atoms with van der Waals surface area (Å²) < 4.78 is 12.4. The van der Waals surface area contributed by atoms with Crippen molar-refractivity contribution in [2.24, 2.45) is 16.7 Å². The Bertz CT molecular complexity index is 1130. The summed E-state index contributed by atoms with van der Waals surface area (Å²) in [4.78, 5) is 0. The minimum atomic E-state index is -1.86. The van der Waals surface area contributed by atoms with Gasteiger partial charge in [-0.05, 0) is 25.3 Å². The quantitative estimate of drug-likeness (QED) is 0.804. The van der Waals surface area contributed by atoms with Crippen LogP contribution in [0.3, 0.4) is 0 Å². The molecule has 2 aromatic rings. The highest BCUT2D eigenvalue weighted by Crippen LogP contribution is 2.65. The highest BCUT2D eigenvalue weighted by Gasteiger charge is 2.79. The summed E-state index contributed by atoms with van der Waals surface area (Å²) in [5.41, 5.74) is -0.846. The minimum Gasteiger partial charge on any atom is -0.443 e. The molecule has 2 fully saturated rings. The van der Waals surface area contributed by atoms with Crippen molar-refractivity contribution >= 4 is 5.90 Å². The third-order valence-electron chi connectivity index (χ3n) is 6.77. The number of nitrogens with one attached hydrogen (secondary N) is 1. The average Bonchev–Trinajstić information content (AvgIpc) is 2.95. The van der Waals surface area contributed by atoms with E-state index in [1.54, 1.807) is 6.92 Å². The molecule has 0 spiro atoms. The fourth-order valence-corrected chi connectivity index (χ4v) is 4.96. The number of hydrogen-bond donors (Lipinski definition) is 1. The summed E-state index contributed by atoms with van der Waals surface area (Å²) in [7, 11) is 0. The molecule has 2 heterocycles. The van der Waals surface area contributed by atoms with Crippen molar-refractivity contribution in [3.63, 3.8) is 0 Å². The zero-order valence-corrected chi connectivity index (χ0v) is 17.4. The standard InChI is InChI=1S/C25H22N4O2/c1-17-8-11-20(12-9-17)25-18(2)24(16-28,22(29)31-25)23(14-26,15-27)21(30-25)13-10-19-6-4-3-5-7-19/h3-9,11-12,18,21,29H,10,13H2,1-2H3. The summed E-state index contributed by atoms with van der Waals surface area (Å²) in [5, 5.41) is 39.3. The third-order valence-corrected chi connectivity index (χ3v) is 6.77. The summed E-state index contributed by atoms with van der Waals surface area (Å²) in [6.07, 6.45) is -0.0160. The lowest BCUT2D eigenvalue weighted by Gasteiger charge is -2.48. The van der Waals surface area contributed by atoms with Gasteiger partial charge >= 0.3 is 0 Å². The molecule has 31 heavy (non-hydrogen) atoms. The minimum absolute atomic E-state index is 0.339. The fraction of sp³-hybridized carbons (Fsp3) is 0.360. The van der Waals surface area contributed by atoms with E-state index in [0.717, 1.165) is 11.1 Å². The van der Waals surface area contributed by atoms with E-state index >= 15 is 0 Å². The molecule has 4 unspecified atom stereocenters. The molecule has 6 heteroatoms. The zero-order chi connectivity index (χ0) is 22.3. The summed E-state index contributed by atoms with van der Waals surface area (Å²) in [6, 6.07) is 23.6. The van der Waals surface area contributed by atoms with Crippen molar-refractivity contribution in [1.82, 2.24) is 0 Å². The van der Waals surface area contributed by atoms with E-state index in [9.17, 15) is 15.8 Å². The molecule has 0 aliphatic carbocycles. The summed E-state index contributed by atoms with van der Waals surface area (Å²) in [5.74, 6) is -2.51. The van der Waals surface area contributed by atoms with Crippen molar-refractivity contribution in [2.75, 3.05) is 0 Å². The Morgan fingerprint density at radius 1 is 0.968 bits per heavy atom. The summed E-state index contributed by atoms with van der Waals surface area (Å²) >= 11 is 0. The molecule has 2 bridgehead atoms. The Kier molecular flexibility index (Phi) is 4.81. The van der Waals surface area contributed by atoms with Crippen LogP contribution in [0.4, 0.5) is 0 Å². The maximum absolute atomic E-state index is 10.3. The van der Waals surface area contributed by atoms with Gasteiger partial charge in [-0.2, -0.15) is 15.8 Å². The fourth-order valence-electron chi connectivity index (χ4n) is 4.96. The third kappa shape index (κ3) is 2.61. The van der Waals surface area contributed by atoms with Gasteiger partial charge < -0.3 is 9.47 Å². The molecule has 154 valence electrons. The van der Waals surface area contributed by atoms with Gasteiger partial charge in [0.15, 0.2) is 10.8 Å². The SMILES string of the molecule is Cc1ccc(C23OC(=N)C(C#N)(C2C)C(C#N)(C#N)C(CCc2ccccc2)O3)cc1. The Labute approximate surface area is 181 Å². The molecule has 2 aliphatic rings. The average molecular weight is 410 g/mol. The van der Waals surface area contributed by atoms with E-state index < -0.39 is 28.6 Å². The molecule has 0 aromatic heterocycles. The van der Waals surface area contributed by atoms with E-state index in [0.29, 0.717) is 18.4 Å². The lowest BCUT2D eigenvalue weighted by Crippen LogP contribution is -2.61. The topological polar surface area (TPSA) is 114 Å². The highest BCUT2D eigenvalue weighted by atomic mass is 16.7. The van der Waals surface area contributed by atoms with E-state index in [1.807, 2.05) is 61.5 Å². The number of hydrogen-bond acceptors (Lipinski definition) is 6. The molecule has 4 rings (SSSR count). The van der Waals surface area contributed by atoms with Crippen LogP contribution < -0.4 is 0 Å². The maximum atomic E-state index is 10.3. The van der Waals surface area contributed by atoms with Gasteiger partial charge in [-0.25, -0.2) is 0 Å². The zero-order valence-electron chi connectivity index (χ0n) is 17.4. The van der Waals surface area contributed by atoms with E-state index in [-0.39, 0.29) is 5.90 Å². The van der Waals surface area contributed by atoms with Crippen molar-refractivity contribution < 1.29 is 9.47 Å². The molecule has 0 radical (unpaired) electrons. The smallest absolute Gasteiger partial charge is 0.243 e. The molecular weight excluding hydrogens is 388 g/mol. The molecule has 2 aliphatic heterocycles. The first-order valence-electron chi connectivity index (χ1n) is 10.2. The van der Waals surface area contributed by atoms with Crippen LogP contribution in [0, 0.1) is 63.1 Å². The second-order valence-corrected chi connectivity index (χ2v) is 8.27. The van der Waals surface area contributed by atoms with E-state index in [2.05, 4.69) is 18.2 Å². The Morgan fingerprint density at radius 3 is 2.19 bits per heavy atom. The monoisotopic (exact) mass is 410 g/mol. The molecule has 6 nitrogen and oxygen atoms in total. The van der Waals surface area contributed by atoms with Crippen LogP contribution >= 0.6 is 0 Å². The van der Waals surface area contributed by atoms with Gasteiger partial charge in [0.05, 0.1) is 30.2 Å². The number of ether oxygens (including phenoxy) is 2. The second-order valence-electron chi connectivity index (χ2n) is 8.27. The highest BCUT2D eigenvalue weighted by molar-refractivity contribution is 5.89. The normalized spacial score (nSPS) is 30.5. The van der Waals surface area contributed by atoms with Crippen molar-refractivity contribution in [3.05, 3.63) is 71.3 Å². The number of fused-ring (bicyclic) bond motifs is 2. The van der Waals surface area contributed by atoms with Crippen molar-refractivity contribution in [2.45, 2.75) is 38.6 Å². The Balaban J connectivity index is 1.86. The van der Waals surface area contributed by atoms with E-state index in [1.165, 1.54) is 0 Å². The predicted molar refractivity (Wildman–Crippen MR) is 112 cm³/mol. The van der Waals surface area contributed by atoms with Gasteiger partial charge in [-0.3, -0.25) is 5.41 Å². The van der Waals surface area contributed by atoms with Crippen LogP contribution in [0.2, 0.25) is 0 Å². The molecule has 0 amide bonds. The maximum Gasteiger partial charge on any atom is 0.243 e. The Morgan fingerprint density at radius 2 is 1.61 bits per heavy atom. The molecule has 2 saturated heterocycles. The molecule has 1 N–H and O–H groups in total. The molecule has 4 atom stereocenters. The van der Waals surface area contributed by atoms with Crippen LogP contribution in [0.1, 0.15) is 30.0 Å². The second kappa shape index (κ2) is 7.24. The van der Waals surface area contributed by atoms with Crippen LogP contribution in [-0.2, 0) is 21.7 Å². The van der Waals surface area contributed by atoms with Gasteiger partial charge in [0.25, 0.3) is 0 Å². The number of aryl methyl sites for hydroxylation is 2. The largest absolute Gasteiger partial charge is 0.443 e. The van der Waals surface area contributed by atoms with Crippen LogP contribution in [-0.4, -0.2) is 12.0 Å². The van der Waals surface area contributed by atoms with Crippen LogP contribution in [0.5, 0.6) is 0 Å². The first-order chi connectivity index (χ1) is 14.9. The van der Waals surface area contributed by atoms with E-state index in [4.69, 9.17) is 14.9 Å². The first kappa shape index (κ1) is 20.6. The first-order valence-corrected chi connectivity index (χ1v) is 10.2. The van der Waals surface area contributed by atoms with Crippen LogP contribution in [0.15, 0.2) is 54.6 Å². The summed E-state index contributed by atoms with van der Waals surface area (Å²) in [6.45, 7) is 3.68. The molecule has 0 saturated carbocycles. The molecular formula is C25H22N4O2. The lowest BCUT2D eigenvalue weighted by atomic mass is 9.53. The van der Waals surface area contributed by atoms with Crippen LogP contribution in [0.25, 0.3) is 0 Å². The number of rotatable bonds is 4. The van der Waals surface area contributed by atoms with Gasteiger partial charge in [0, 0.05) is 5.56 Å². The van der Waals surface area contributed by atoms with Gasteiger partial charge in [0.1, 0.15) is 0 Å². The van der Waals surface area contributed by atoms with Crippen molar-refractivity contribution in [1.29, 1.82) is 21.2 Å². The predicted octanol–water partition coefficient (Wildman–Crippen LogP) is 4.37. The molecule has 2 aromatic carbocycles.